The molecular weight excluding hydrogens is 544 g/mol. The summed E-state index contributed by atoms with van der Waals surface area (Å²) in [6.45, 7) is 6.22. The zero-order valence-corrected chi connectivity index (χ0v) is 20.7. The third-order valence-electron chi connectivity index (χ3n) is 6.20. The fourth-order valence-corrected chi connectivity index (χ4v) is 4.29. The van der Waals surface area contributed by atoms with E-state index in [2.05, 4.69) is 16.0 Å². The highest BCUT2D eigenvalue weighted by Gasteiger charge is 2.52. The molecule has 4 heterocycles. The lowest BCUT2D eigenvalue weighted by atomic mass is 9.81. The molecule has 3 aliphatic heterocycles. The van der Waals surface area contributed by atoms with Crippen molar-refractivity contribution in [3.8, 4) is 0 Å². The Morgan fingerprint density at radius 1 is 1.05 bits per heavy atom. The predicted octanol–water partition coefficient (Wildman–Crippen LogP) is 2.58. The highest BCUT2D eigenvalue weighted by molar-refractivity contribution is 5.77. The van der Waals surface area contributed by atoms with Crippen LogP contribution in [0.25, 0.3) is 0 Å². The Labute approximate surface area is 219 Å². The molecule has 2 N–H and O–H groups in total. The van der Waals surface area contributed by atoms with Crippen molar-refractivity contribution >= 4 is 17.8 Å². The standard InChI is InChI=1S/C19H27N3O3.2C2HF3O2/c23-18(22-7-1-2-8-22)13-24-12-17-5-9-25-19(17)14-21(15-19)11-16-4-3-6-20-10-16;2*3-2(4,5)1(6)7/h3-4,6,10,17H,1-2,5,7-9,11-15H2;2*(H,6,7). The Bertz CT molecular complexity index is 926. The monoisotopic (exact) mass is 573 g/mol. The first-order chi connectivity index (χ1) is 18.1. The molecule has 3 aliphatic rings. The van der Waals surface area contributed by atoms with Crippen molar-refractivity contribution in [3.63, 3.8) is 0 Å². The van der Waals surface area contributed by atoms with E-state index in [0.717, 1.165) is 58.6 Å². The molecule has 1 atom stereocenters. The fourth-order valence-electron chi connectivity index (χ4n) is 4.29. The SMILES string of the molecule is O=C(COCC1CCOC12CN(Cc1cccnc1)C2)N1CCCC1.O=C(O)C(F)(F)F.O=C(O)C(F)(F)F. The fraction of sp³-hybridized carbons (Fsp3) is 0.652. The van der Waals surface area contributed by atoms with Crippen molar-refractivity contribution < 1.29 is 60.4 Å². The quantitative estimate of drug-likeness (QED) is 0.494. The zero-order valence-electron chi connectivity index (χ0n) is 20.7. The Morgan fingerprint density at radius 2 is 1.62 bits per heavy atom. The molecule has 0 radical (unpaired) electrons. The summed E-state index contributed by atoms with van der Waals surface area (Å²) in [5.41, 5.74) is 1.16. The average Bonchev–Trinajstić information content (AvgIpc) is 3.50. The molecule has 10 nitrogen and oxygen atoms in total. The van der Waals surface area contributed by atoms with Crippen LogP contribution in [0.15, 0.2) is 24.5 Å². The molecular formula is C23H29F6N3O7. The molecule has 1 amide bonds. The van der Waals surface area contributed by atoms with Crippen LogP contribution in [0.3, 0.4) is 0 Å². The van der Waals surface area contributed by atoms with Gasteiger partial charge >= 0.3 is 24.3 Å². The van der Waals surface area contributed by atoms with E-state index >= 15 is 0 Å². The number of carboxylic acid groups (broad SMARTS) is 2. The van der Waals surface area contributed by atoms with E-state index in [9.17, 15) is 31.1 Å². The van der Waals surface area contributed by atoms with Crippen LogP contribution in [0.4, 0.5) is 26.3 Å². The van der Waals surface area contributed by atoms with Gasteiger partial charge in [-0.1, -0.05) is 6.07 Å². The van der Waals surface area contributed by atoms with E-state index in [1.54, 1.807) is 6.20 Å². The number of aromatic nitrogens is 1. The van der Waals surface area contributed by atoms with E-state index < -0.39 is 24.3 Å². The van der Waals surface area contributed by atoms with Crippen LogP contribution in [0.1, 0.15) is 24.8 Å². The van der Waals surface area contributed by atoms with E-state index in [1.165, 1.54) is 5.56 Å². The van der Waals surface area contributed by atoms with Crippen molar-refractivity contribution in [2.24, 2.45) is 5.92 Å². The van der Waals surface area contributed by atoms with Gasteiger partial charge in [-0.2, -0.15) is 26.3 Å². The molecule has 3 saturated heterocycles. The number of halogens is 6. The molecule has 0 saturated carbocycles. The van der Waals surface area contributed by atoms with Crippen molar-refractivity contribution in [2.75, 3.05) is 46.0 Å². The summed E-state index contributed by atoms with van der Waals surface area (Å²) in [5.74, 6) is -4.98. The van der Waals surface area contributed by atoms with Crippen LogP contribution < -0.4 is 0 Å². The zero-order chi connectivity index (χ0) is 29.3. The van der Waals surface area contributed by atoms with Gasteiger partial charge in [-0.25, -0.2) is 9.59 Å². The van der Waals surface area contributed by atoms with Crippen LogP contribution in [0.2, 0.25) is 0 Å². The number of carbonyl (C=O) groups is 3. The Morgan fingerprint density at radius 3 is 2.10 bits per heavy atom. The van der Waals surface area contributed by atoms with Gasteiger partial charge in [0.05, 0.1) is 12.2 Å². The molecule has 1 aromatic heterocycles. The second-order valence-corrected chi connectivity index (χ2v) is 9.11. The summed E-state index contributed by atoms with van der Waals surface area (Å²) >= 11 is 0. The van der Waals surface area contributed by atoms with Gasteiger partial charge in [-0.05, 0) is 30.9 Å². The highest BCUT2D eigenvalue weighted by atomic mass is 19.4. The van der Waals surface area contributed by atoms with Gasteiger partial charge in [0.2, 0.25) is 5.91 Å². The van der Waals surface area contributed by atoms with Gasteiger partial charge in [0.25, 0.3) is 0 Å². The first-order valence-electron chi connectivity index (χ1n) is 11.8. The van der Waals surface area contributed by atoms with E-state index in [0.29, 0.717) is 12.5 Å². The highest BCUT2D eigenvalue weighted by Crippen LogP contribution is 2.40. The van der Waals surface area contributed by atoms with Gasteiger partial charge in [0.1, 0.15) is 6.61 Å². The van der Waals surface area contributed by atoms with Gasteiger partial charge in [0, 0.05) is 57.6 Å². The summed E-state index contributed by atoms with van der Waals surface area (Å²) < 4.78 is 75.3. The first-order valence-corrected chi connectivity index (χ1v) is 11.8. The van der Waals surface area contributed by atoms with Crippen molar-refractivity contribution in [2.45, 2.75) is 43.8 Å². The number of rotatable bonds is 6. The van der Waals surface area contributed by atoms with Gasteiger partial charge < -0.3 is 24.6 Å². The maximum absolute atomic E-state index is 12.1. The number of aliphatic carboxylic acids is 2. The maximum Gasteiger partial charge on any atom is 0.490 e. The average molecular weight is 573 g/mol. The van der Waals surface area contributed by atoms with Crippen LogP contribution in [-0.4, -0.2) is 107 Å². The molecule has 1 unspecified atom stereocenters. The van der Waals surface area contributed by atoms with E-state index in [4.69, 9.17) is 29.3 Å². The minimum Gasteiger partial charge on any atom is -0.475 e. The van der Waals surface area contributed by atoms with Crippen molar-refractivity contribution in [1.82, 2.24) is 14.8 Å². The normalized spacial score (nSPS) is 20.4. The summed E-state index contributed by atoms with van der Waals surface area (Å²) in [7, 11) is 0. The van der Waals surface area contributed by atoms with Gasteiger partial charge in [0.15, 0.2) is 0 Å². The number of hydrogen-bond acceptors (Lipinski definition) is 7. The van der Waals surface area contributed by atoms with Gasteiger partial charge in [-0.3, -0.25) is 14.7 Å². The third kappa shape index (κ3) is 10.3. The number of likely N-dealkylation sites (tertiary alicyclic amines) is 2. The van der Waals surface area contributed by atoms with Crippen LogP contribution >= 0.6 is 0 Å². The lowest BCUT2D eigenvalue weighted by molar-refractivity contribution is -0.193. The summed E-state index contributed by atoms with van der Waals surface area (Å²) in [6.07, 6.45) is -3.17. The molecule has 4 rings (SSSR count). The molecule has 3 fully saturated rings. The molecule has 1 spiro atoms. The number of pyridine rings is 1. The van der Waals surface area contributed by atoms with Crippen LogP contribution in [0.5, 0.6) is 0 Å². The summed E-state index contributed by atoms with van der Waals surface area (Å²) in [6, 6.07) is 4.09. The predicted molar refractivity (Wildman–Crippen MR) is 120 cm³/mol. The third-order valence-corrected chi connectivity index (χ3v) is 6.20. The molecule has 220 valence electrons. The number of ether oxygens (including phenoxy) is 2. The number of amides is 1. The molecule has 0 aliphatic carbocycles. The topological polar surface area (TPSA) is 130 Å². The lowest BCUT2D eigenvalue weighted by Crippen LogP contribution is -2.64. The number of nitrogens with zero attached hydrogens (tertiary/aromatic N) is 3. The van der Waals surface area contributed by atoms with E-state index in [-0.39, 0.29) is 18.1 Å². The Kier molecular flexibility index (Phi) is 11.5. The molecule has 1 aromatic rings. The number of carboxylic acids is 2. The summed E-state index contributed by atoms with van der Waals surface area (Å²) in [4.78, 5) is 38.4. The molecule has 16 heteroatoms. The van der Waals surface area contributed by atoms with Crippen molar-refractivity contribution in [3.05, 3.63) is 30.1 Å². The van der Waals surface area contributed by atoms with Gasteiger partial charge in [-0.15, -0.1) is 0 Å². The second kappa shape index (κ2) is 13.9. The lowest BCUT2D eigenvalue weighted by Gasteiger charge is -2.50. The molecule has 0 bridgehead atoms. The first kappa shape index (κ1) is 32.2. The van der Waals surface area contributed by atoms with Crippen molar-refractivity contribution in [1.29, 1.82) is 0 Å². The van der Waals surface area contributed by atoms with Crippen LogP contribution in [-0.2, 0) is 30.4 Å². The largest absolute Gasteiger partial charge is 0.490 e. The Hall–Kier alpha value is -2.98. The Balaban J connectivity index is 0.000000317. The maximum atomic E-state index is 12.1. The molecule has 0 aromatic carbocycles. The molecule has 39 heavy (non-hydrogen) atoms. The number of hydrogen-bond donors (Lipinski definition) is 2. The minimum atomic E-state index is -5.08. The number of alkyl halides is 6. The number of carbonyl (C=O) groups excluding carboxylic acids is 1. The smallest absolute Gasteiger partial charge is 0.475 e. The van der Waals surface area contributed by atoms with E-state index in [1.807, 2.05) is 17.2 Å². The summed E-state index contributed by atoms with van der Waals surface area (Å²) in [5, 5.41) is 14.2. The minimum absolute atomic E-state index is 0.0705. The second-order valence-electron chi connectivity index (χ2n) is 9.11. The van der Waals surface area contributed by atoms with Crippen LogP contribution in [0, 0.1) is 5.92 Å².